The van der Waals surface area contributed by atoms with Gasteiger partial charge < -0.3 is 24.2 Å². The summed E-state index contributed by atoms with van der Waals surface area (Å²) in [5.74, 6) is -1.26. The minimum absolute atomic E-state index is 0.0415. The van der Waals surface area contributed by atoms with Gasteiger partial charge in [-0.15, -0.1) is 0 Å². The molecule has 0 aromatic heterocycles. The van der Waals surface area contributed by atoms with E-state index in [1.165, 1.54) is 29.2 Å². The van der Waals surface area contributed by atoms with Crippen LogP contribution in [0.4, 0.5) is 4.39 Å². The van der Waals surface area contributed by atoms with E-state index < -0.39 is 23.5 Å². The molecule has 2 aromatic rings. The Kier molecular flexibility index (Phi) is 8.22. The molecule has 2 aromatic carbocycles. The van der Waals surface area contributed by atoms with Crippen LogP contribution in [-0.2, 0) is 14.3 Å². The second-order valence-corrected chi connectivity index (χ2v) is 8.53. The first-order valence-corrected chi connectivity index (χ1v) is 12.2. The highest BCUT2D eigenvalue weighted by Crippen LogP contribution is 2.42. The molecule has 0 bridgehead atoms. The van der Waals surface area contributed by atoms with Crippen LogP contribution in [0.5, 0.6) is 11.5 Å². The van der Waals surface area contributed by atoms with E-state index in [0.29, 0.717) is 50.0 Å². The highest BCUT2D eigenvalue weighted by Gasteiger charge is 2.46. The van der Waals surface area contributed by atoms with Gasteiger partial charge in [-0.1, -0.05) is 6.07 Å². The van der Waals surface area contributed by atoms with Gasteiger partial charge in [0.2, 0.25) is 0 Å². The zero-order valence-electron chi connectivity index (χ0n) is 20.5. The van der Waals surface area contributed by atoms with Crippen LogP contribution in [0.15, 0.2) is 48.0 Å². The highest BCUT2D eigenvalue weighted by molar-refractivity contribution is 6.46. The second-order valence-electron chi connectivity index (χ2n) is 8.53. The zero-order valence-corrected chi connectivity index (χ0v) is 20.5. The molecule has 0 unspecified atom stereocenters. The molecule has 1 N–H and O–H groups in total. The van der Waals surface area contributed by atoms with Gasteiger partial charge >= 0.3 is 0 Å². The van der Waals surface area contributed by atoms with Crippen molar-refractivity contribution in [2.24, 2.45) is 0 Å². The number of rotatable bonds is 9. The van der Waals surface area contributed by atoms with Gasteiger partial charge in [0.25, 0.3) is 11.7 Å². The lowest BCUT2D eigenvalue weighted by atomic mass is 9.95. The van der Waals surface area contributed by atoms with Crippen molar-refractivity contribution in [3.05, 3.63) is 65.0 Å². The Hall–Kier alpha value is -3.43. The van der Waals surface area contributed by atoms with E-state index in [-0.39, 0.29) is 23.4 Å². The normalized spacial score (nSPS) is 20.1. The number of benzene rings is 2. The lowest BCUT2D eigenvalue weighted by Gasteiger charge is -2.31. The fraction of sp³-hybridized carbons (Fsp3) is 0.407. The van der Waals surface area contributed by atoms with E-state index in [1.807, 2.05) is 13.8 Å². The van der Waals surface area contributed by atoms with Crippen LogP contribution in [0.25, 0.3) is 5.76 Å². The predicted octanol–water partition coefficient (Wildman–Crippen LogP) is 3.38. The van der Waals surface area contributed by atoms with E-state index in [0.717, 1.165) is 13.1 Å². The molecule has 1 atom stereocenters. The molecule has 9 heteroatoms. The van der Waals surface area contributed by atoms with E-state index in [4.69, 9.17) is 14.2 Å². The van der Waals surface area contributed by atoms with Gasteiger partial charge in [-0.2, -0.15) is 0 Å². The number of halogens is 1. The lowest BCUT2D eigenvalue weighted by molar-refractivity contribution is -0.140. The SMILES string of the molecule is CCOc1ccc([C@@H]2C(=C(O)c3ccc(F)cc3)C(=O)C(=O)N2CCN2CCOCC2)cc1OCC. The molecular formula is C27H31FN2O6. The van der Waals surface area contributed by atoms with Gasteiger partial charge in [0.1, 0.15) is 11.6 Å². The average molecular weight is 499 g/mol. The van der Waals surface area contributed by atoms with Gasteiger partial charge in [-0.3, -0.25) is 14.5 Å². The van der Waals surface area contributed by atoms with Crippen LogP contribution >= 0.6 is 0 Å². The van der Waals surface area contributed by atoms with Crippen LogP contribution in [0.2, 0.25) is 0 Å². The number of Topliss-reactive ketones (excluding diaryl/α,β-unsaturated/α-hetero) is 1. The van der Waals surface area contributed by atoms with Crippen molar-refractivity contribution < 1.29 is 33.3 Å². The van der Waals surface area contributed by atoms with Crippen molar-refractivity contribution in [3.8, 4) is 11.5 Å². The quantitative estimate of drug-likeness (QED) is 0.322. The van der Waals surface area contributed by atoms with Crippen LogP contribution in [0, 0.1) is 5.82 Å². The minimum Gasteiger partial charge on any atom is -0.507 e. The molecule has 2 fully saturated rings. The standard InChI is InChI=1S/C27H31FN2O6/c1-3-35-21-10-7-19(17-22(21)36-4-2)24-23(25(31)18-5-8-20(28)9-6-18)26(32)27(33)30(24)12-11-29-13-15-34-16-14-29/h5-10,17,24,31H,3-4,11-16H2,1-2H3/t24-/m1/s1. The van der Waals surface area contributed by atoms with Gasteiger partial charge in [-0.25, -0.2) is 4.39 Å². The Morgan fingerprint density at radius 1 is 1.00 bits per heavy atom. The molecule has 0 radical (unpaired) electrons. The fourth-order valence-electron chi connectivity index (χ4n) is 4.53. The summed E-state index contributed by atoms with van der Waals surface area (Å²) in [5.41, 5.74) is 0.815. The largest absolute Gasteiger partial charge is 0.507 e. The summed E-state index contributed by atoms with van der Waals surface area (Å²) in [7, 11) is 0. The summed E-state index contributed by atoms with van der Waals surface area (Å²) in [6.07, 6.45) is 0. The number of carbonyl (C=O) groups excluding carboxylic acids is 2. The second kappa shape index (κ2) is 11.5. The number of ketones is 1. The molecule has 2 saturated heterocycles. The first-order chi connectivity index (χ1) is 17.4. The number of aliphatic hydroxyl groups excluding tert-OH is 1. The molecule has 8 nitrogen and oxygen atoms in total. The fourth-order valence-corrected chi connectivity index (χ4v) is 4.53. The molecule has 0 spiro atoms. The van der Waals surface area contributed by atoms with Crippen molar-refractivity contribution in [1.82, 2.24) is 9.80 Å². The Morgan fingerprint density at radius 3 is 2.33 bits per heavy atom. The van der Waals surface area contributed by atoms with Crippen molar-refractivity contribution in [3.63, 3.8) is 0 Å². The smallest absolute Gasteiger partial charge is 0.295 e. The number of aliphatic hydroxyl groups is 1. The van der Waals surface area contributed by atoms with Crippen LogP contribution in [-0.4, -0.2) is 79.2 Å². The summed E-state index contributed by atoms with van der Waals surface area (Å²) < 4.78 is 30.3. The molecule has 2 aliphatic rings. The van der Waals surface area contributed by atoms with Gasteiger partial charge in [0.05, 0.1) is 38.0 Å². The third-order valence-electron chi connectivity index (χ3n) is 6.30. The molecule has 0 saturated carbocycles. The van der Waals surface area contributed by atoms with E-state index in [1.54, 1.807) is 18.2 Å². The molecule has 2 heterocycles. The number of amides is 1. The van der Waals surface area contributed by atoms with Crippen molar-refractivity contribution in [1.29, 1.82) is 0 Å². The Bertz CT molecular complexity index is 1130. The van der Waals surface area contributed by atoms with Crippen LogP contribution < -0.4 is 9.47 Å². The van der Waals surface area contributed by atoms with E-state index in [9.17, 15) is 19.1 Å². The molecule has 36 heavy (non-hydrogen) atoms. The van der Waals surface area contributed by atoms with Gasteiger partial charge in [-0.05, 0) is 55.8 Å². The zero-order chi connectivity index (χ0) is 25.7. The summed E-state index contributed by atoms with van der Waals surface area (Å²) in [6.45, 7) is 8.11. The third-order valence-corrected chi connectivity index (χ3v) is 6.30. The molecule has 1 amide bonds. The molecule has 0 aliphatic carbocycles. The molecule has 2 aliphatic heterocycles. The number of hydrogen-bond acceptors (Lipinski definition) is 7. The summed E-state index contributed by atoms with van der Waals surface area (Å²) >= 11 is 0. The van der Waals surface area contributed by atoms with Crippen molar-refractivity contribution in [2.45, 2.75) is 19.9 Å². The Labute approximate surface area is 209 Å². The van der Waals surface area contributed by atoms with Gasteiger partial charge in [0, 0.05) is 31.7 Å². The summed E-state index contributed by atoms with van der Waals surface area (Å²) in [5, 5.41) is 11.2. The number of morpholine rings is 1. The van der Waals surface area contributed by atoms with Crippen LogP contribution in [0.1, 0.15) is 31.0 Å². The number of likely N-dealkylation sites (tertiary alicyclic amines) is 1. The predicted molar refractivity (Wildman–Crippen MR) is 131 cm³/mol. The first kappa shape index (κ1) is 25.7. The molecule has 4 rings (SSSR count). The number of ether oxygens (including phenoxy) is 3. The Balaban J connectivity index is 1.77. The van der Waals surface area contributed by atoms with Gasteiger partial charge in [0.15, 0.2) is 11.5 Å². The number of carbonyl (C=O) groups is 2. The molecular weight excluding hydrogens is 467 g/mol. The van der Waals surface area contributed by atoms with Crippen LogP contribution in [0.3, 0.4) is 0 Å². The topological polar surface area (TPSA) is 88.5 Å². The number of nitrogens with zero attached hydrogens (tertiary/aromatic N) is 2. The highest BCUT2D eigenvalue weighted by atomic mass is 19.1. The third kappa shape index (κ3) is 5.37. The summed E-state index contributed by atoms with van der Waals surface area (Å²) in [4.78, 5) is 30.1. The molecule has 192 valence electrons. The first-order valence-electron chi connectivity index (χ1n) is 12.2. The lowest BCUT2D eigenvalue weighted by Crippen LogP contribution is -2.42. The number of hydrogen-bond donors (Lipinski definition) is 1. The minimum atomic E-state index is -0.842. The van der Waals surface area contributed by atoms with E-state index >= 15 is 0 Å². The average Bonchev–Trinajstić information content (AvgIpc) is 3.14. The van der Waals surface area contributed by atoms with E-state index in [2.05, 4.69) is 4.90 Å². The maximum atomic E-state index is 13.5. The maximum absolute atomic E-state index is 13.5. The van der Waals surface area contributed by atoms with Crippen molar-refractivity contribution >= 4 is 17.4 Å². The monoisotopic (exact) mass is 498 g/mol. The maximum Gasteiger partial charge on any atom is 0.295 e. The Morgan fingerprint density at radius 2 is 1.67 bits per heavy atom. The summed E-state index contributed by atoms with van der Waals surface area (Å²) in [6, 6.07) is 9.56. The van der Waals surface area contributed by atoms with Crippen molar-refractivity contribution in [2.75, 3.05) is 52.6 Å².